The van der Waals surface area contributed by atoms with Crippen LogP contribution in [0.5, 0.6) is 0 Å². The van der Waals surface area contributed by atoms with Crippen molar-refractivity contribution in [3.63, 3.8) is 0 Å². The summed E-state index contributed by atoms with van der Waals surface area (Å²) in [7, 11) is -4.20. The molecule has 0 saturated carbocycles. The fourth-order valence-electron chi connectivity index (χ4n) is 1.81. The summed E-state index contributed by atoms with van der Waals surface area (Å²) in [5.41, 5.74) is -0.630. The van der Waals surface area contributed by atoms with Crippen molar-refractivity contribution in [3.8, 4) is 0 Å². The lowest BCUT2D eigenvalue weighted by molar-refractivity contribution is -0.137. The van der Waals surface area contributed by atoms with Gasteiger partial charge in [-0.2, -0.15) is 0 Å². The Kier molecular flexibility index (Phi) is 4.62. The quantitative estimate of drug-likeness (QED) is 0.901. The Morgan fingerprint density at radius 3 is 2.11 bits per heavy atom. The van der Waals surface area contributed by atoms with Crippen LogP contribution in [0.15, 0.2) is 18.2 Å². The van der Waals surface area contributed by atoms with Crippen molar-refractivity contribution in [1.29, 1.82) is 0 Å². The fourth-order valence-corrected chi connectivity index (χ4v) is 3.81. The molecular formula is C12H14F2O4S. The molecule has 0 heterocycles. The minimum absolute atomic E-state index is 0.630. The molecule has 0 bridgehead atoms. The highest BCUT2D eigenvalue weighted by Gasteiger charge is 2.36. The number of carbonyl (C=O) groups is 1. The minimum atomic E-state index is -4.20. The molecule has 1 rings (SSSR count). The van der Waals surface area contributed by atoms with Gasteiger partial charge in [0.25, 0.3) is 0 Å². The van der Waals surface area contributed by atoms with Crippen LogP contribution in [0.25, 0.3) is 0 Å². The number of aliphatic carboxylic acids is 1. The highest BCUT2D eigenvalue weighted by atomic mass is 32.2. The van der Waals surface area contributed by atoms with Gasteiger partial charge in [0.05, 0.1) is 5.75 Å². The summed E-state index contributed by atoms with van der Waals surface area (Å²) in [6, 6.07) is 2.97. The lowest BCUT2D eigenvalue weighted by Crippen LogP contribution is -2.36. The van der Waals surface area contributed by atoms with Crippen molar-refractivity contribution in [1.82, 2.24) is 0 Å². The van der Waals surface area contributed by atoms with Crippen molar-refractivity contribution in [2.45, 2.75) is 24.9 Å². The standard InChI is InChI=1S/C12H14F2O4S/c1-7(2)11(12(15)16)19(17,18)6-8-9(13)4-3-5-10(8)14/h3-5,7,11H,6H2,1-2H3,(H,15,16). The third-order valence-corrected chi connectivity index (χ3v) is 4.85. The number of benzene rings is 1. The van der Waals surface area contributed by atoms with Crippen LogP contribution in [0.2, 0.25) is 0 Å². The van der Waals surface area contributed by atoms with E-state index in [9.17, 15) is 22.0 Å². The maximum atomic E-state index is 13.4. The molecule has 19 heavy (non-hydrogen) atoms. The van der Waals surface area contributed by atoms with Gasteiger partial charge in [-0.1, -0.05) is 19.9 Å². The number of carboxylic acids is 1. The summed E-state index contributed by atoms with van der Waals surface area (Å²) < 4.78 is 50.7. The van der Waals surface area contributed by atoms with Crippen molar-refractivity contribution >= 4 is 15.8 Å². The van der Waals surface area contributed by atoms with E-state index in [2.05, 4.69) is 0 Å². The van der Waals surface area contributed by atoms with Gasteiger partial charge in [-0.3, -0.25) is 4.79 Å². The summed E-state index contributed by atoms with van der Waals surface area (Å²) in [4.78, 5) is 11.0. The zero-order valence-electron chi connectivity index (χ0n) is 10.4. The molecule has 7 heteroatoms. The monoisotopic (exact) mass is 292 g/mol. The molecule has 0 amide bonds. The van der Waals surface area contributed by atoms with Gasteiger partial charge in [0.15, 0.2) is 15.1 Å². The molecule has 106 valence electrons. The molecular weight excluding hydrogens is 278 g/mol. The molecule has 1 atom stereocenters. The fraction of sp³-hybridized carbons (Fsp3) is 0.417. The van der Waals surface area contributed by atoms with Crippen molar-refractivity contribution in [2.24, 2.45) is 5.92 Å². The van der Waals surface area contributed by atoms with E-state index in [0.29, 0.717) is 0 Å². The van der Waals surface area contributed by atoms with Crippen LogP contribution in [-0.2, 0) is 20.4 Å². The van der Waals surface area contributed by atoms with Gasteiger partial charge in [0.2, 0.25) is 0 Å². The smallest absolute Gasteiger partial charge is 0.322 e. The number of sulfone groups is 1. The number of hydrogen-bond acceptors (Lipinski definition) is 3. The molecule has 0 saturated heterocycles. The summed E-state index contributed by atoms with van der Waals surface area (Å²) in [5.74, 6) is -5.20. The second-order valence-corrected chi connectivity index (χ2v) is 6.63. The molecule has 0 aliphatic rings. The Labute approximate surface area is 110 Å². The molecule has 0 fully saturated rings. The van der Waals surface area contributed by atoms with Gasteiger partial charge in [0, 0.05) is 5.56 Å². The molecule has 4 nitrogen and oxygen atoms in total. The molecule has 0 aliphatic heterocycles. The normalized spacial score (nSPS) is 13.5. The molecule has 1 unspecified atom stereocenters. The predicted octanol–water partition coefficient (Wildman–Crippen LogP) is 1.99. The van der Waals surface area contributed by atoms with Gasteiger partial charge in [-0.05, 0) is 18.1 Å². The van der Waals surface area contributed by atoms with E-state index >= 15 is 0 Å². The van der Waals surface area contributed by atoms with E-state index in [4.69, 9.17) is 5.11 Å². The first kappa shape index (κ1) is 15.6. The maximum absolute atomic E-state index is 13.4. The summed E-state index contributed by atoms with van der Waals surface area (Å²) in [5, 5.41) is 7.24. The van der Waals surface area contributed by atoms with E-state index in [0.717, 1.165) is 18.2 Å². The van der Waals surface area contributed by atoms with Crippen LogP contribution in [0.4, 0.5) is 8.78 Å². The van der Waals surface area contributed by atoms with Crippen molar-refractivity contribution in [3.05, 3.63) is 35.4 Å². The van der Waals surface area contributed by atoms with Crippen LogP contribution >= 0.6 is 0 Å². The largest absolute Gasteiger partial charge is 0.480 e. The average molecular weight is 292 g/mol. The van der Waals surface area contributed by atoms with E-state index in [-0.39, 0.29) is 0 Å². The van der Waals surface area contributed by atoms with Gasteiger partial charge in [-0.15, -0.1) is 0 Å². The highest BCUT2D eigenvalue weighted by molar-refractivity contribution is 7.92. The third kappa shape index (κ3) is 3.50. The molecule has 0 aromatic heterocycles. The molecule has 0 radical (unpaired) electrons. The lowest BCUT2D eigenvalue weighted by Gasteiger charge is -2.17. The van der Waals surface area contributed by atoms with Gasteiger partial charge in [-0.25, -0.2) is 17.2 Å². The van der Waals surface area contributed by atoms with Crippen LogP contribution in [0, 0.1) is 17.6 Å². The lowest BCUT2D eigenvalue weighted by atomic mass is 10.1. The number of rotatable bonds is 5. The Hall–Kier alpha value is -1.50. The van der Waals surface area contributed by atoms with Crippen LogP contribution in [0.3, 0.4) is 0 Å². The van der Waals surface area contributed by atoms with Crippen LogP contribution < -0.4 is 0 Å². The molecule has 1 aromatic rings. The Morgan fingerprint density at radius 1 is 1.26 bits per heavy atom. The predicted molar refractivity (Wildman–Crippen MR) is 65.2 cm³/mol. The van der Waals surface area contributed by atoms with Gasteiger partial charge in [0.1, 0.15) is 11.6 Å². The first-order chi connectivity index (χ1) is 8.66. The first-order valence-corrected chi connectivity index (χ1v) is 7.25. The third-order valence-electron chi connectivity index (χ3n) is 2.64. The minimum Gasteiger partial charge on any atom is -0.480 e. The number of hydrogen-bond donors (Lipinski definition) is 1. The van der Waals surface area contributed by atoms with E-state index < -0.39 is 49.9 Å². The van der Waals surface area contributed by atoms with E-state index in [1.165, 1.54) is 13.8 Å². The average Bonchev–Trinajstić information content (AvgIpc) is 2.21. The maximum Gasteiger partial charge on any atom is 0.322 e. The second kappa shape index (κ2) is 5.64. The summed E-state index contributed by atoms with van der Waals surface area (Å²) in [6.45, 7) is 2.85. The Bertz CT molecular complexity index is 561. The van der Waals surface area contributed by atoms with Gasteiger partial charge >= 0.3 is 5.97 Å². The van der Waals surface area contributed by atoms with Crippen molar-refractivity contribution < 1.29 is 27.1 Å². The van der Waals surface area contributed by atoms with E-state index in [1.54, 1.807) is 0 Å². The molecule has 1 N–H and O–H groups in total. The molecule has 1 aromatic carbocycles. The zero-order valence-corrected chi connectivity index (χ0v) is 11.2. The second-order valence-electron chi connectivity index (χ2n) is 4.51. The van der Waals surface area contributed by atoms with Crippen LogP contribution in [0.1, 0.15) is 19.4 Å². The van der Waals surface area contributed by atoms with Gasteiger partial charge < -0.3 is 5.11 Å². The zero-order chi connectivity index (χ0) is 14.8. The molecule has 0 aliphatic carbocycles. The first-order valence-electron chi connectivity index (χ1n) is 5.54. The van der Waals surface area contributed by atoms with Crippen molar-refractivity contribution in [2.75, 3.05) is 0 Å². The highest BCUT2D eigenvalue weighted by Crippen LogP contribution is 2.21. The summed E-state index contributed by atoms with van der Waals surface area (Å²) in [6.07, 6.45) is 0. The van der Waals surface area contributed by atoms with Crippen LogP contribution in [-0.4, -0.2) is 24.7 Å². The number of carboxylic acid groups (broad SMARTS) is 1. The molecule has 0 spiro atoms. The Balaban J connectivity index is 3.19. The van der Waals surface area contributed by atoms with E-state index in [1.807, 2.05) is 0 Å². The Morgan fingerprint density at radius 2 is 1.74 bits per heavy atom. The topological polar surface area (TPSA) is 71.4 Å². The number of halogens is 2. The summed E-state index contributed by atoms with van der Waals surface area (Å²) >= 11 is 0. The SMILES string of the molecule is CC(C)C(C(=O)O)S(=O)(=O)Cc1c(F)cccc1F.